The average molecular weight is 349 g/mol. The van der Waals surface area contributed by atoms with Crippen LogP contribution in [0.25, 0.3) is 0 Å². The maximum absolute atomic E-state index is 12.0. The average Bonchev–Trinajstić information content (AvgIpc) is 2.60. The van der Waals surface area contributed by atoms with Gasteiger partial charge in [-0.05, 0) is 26.0 Å². The molecule has 138 valence electrons. The maximum Gasteiger partial charge on any atom is 0.275 e. The highest BCUT2D eigenvalue weighted by molar-refractivity contribution is 5.85. The monoisotopic (exact) mass is 349 g/mol. The highest BCUT2D eigenvalue weighted by Gasteiger charge is 2.23. The van der Waals surface area contributed by atoms with Gasteiger partial charge >= 0.3 is 0 Å². The number of nitrogens with zero attached hydrogens (tertiary/aromatic N) is 1. The lowest BCUT2D eigenvalue weighted by atomic mass is 10.2. The number of carbonyl (C=O) groups excluding carboxylic acids is 2. The lowest BCUT2D eigenvalue weighted by Crippen LogP contribution is -3.16. The van der Waals surface area contributed by atoms with Crippen molar-refractivity contribution in [1.29, 1.82) is 0 Å². The van der Waals surface area contributed by atoms with Crippen LogP contribution < -0.4 is 25.2 Å². The molecule has 7 heteroatoms. The van der Waals surface area contributed by atoms with Crippen LogP contribution in [0.2, 0.25) is 0 Å². The zero-order chi connectivity index (χ0) is 18.2. The van der Waals surface area contributed by atoms with E-state index in [4.69, 9.17) is 4.74 Å². The topological polar surface area (TPSA) is 75.1 Å². The number of methoxy groups -OCH3 is 1. The first-order chi connectivity index (χ1) is 12.0. The number of piperazine rings is 1. The van der Waals surface area contributed by atoms with Crippen LogP contribution in [0.5, 0.6) is 5.75 Å². The molecular weight excluding hydrogens is 320 g/mol. The van der Waals surface area contributed by atoms with E-state index in [-0.39, 0.29) is 24.4 Å². The second-order valence-corrected chi connectivity index (χ2v) is 6.58. The summed E-state index contributed by atoms with van der Waals surface area (Å²) < 4.78 is 5.42. The molecule has 1 fully saturated rings. The fourth-order valence-corrected chi connectivity index (χ4v) is 2.97. The highest BCUT2D eigenvalue weighted by Crippen LogP contribution is 2.27. The standard InChI is InChI=1S/C18H28N4O3/c1-14(2)20-17(23)12-19-18(24)13-21-8-10-22(11-9-21)15-6-4-5-7-16(15)25-3/h4-7,14H,8-13H2,1-3H3,(H,19,24)(H,20,23)/p+1. The molecule has 0 saturated carbocycles. The van der Waals surface area contributed by atoms with Gasteiger partial charge in [-0.25, -0.2) is 0 Å². The van der Waals surface area contributed by atoms with Gasteiger partial charge in [-0.3, -0.25) is 9.59 Å². The molecule has 1 heterocycles. The predicted octanol–water partition coefficient (Wildman–Crippen LogP) is -0.959. The van der Waals surface area contributed by atoms with Gasteiger partial charge in [0.1, 0.15) is 5.75 Å². The van der Waals surface area contributed by atoms with Gasteiger partial charge in [0.15, 0.2) is 6.54 Å². The third kappa shape index (κ3) is 5.94. The normalized spacial score (nSPS) is 15.1. The molecule has 25 heavy (non-hydrogen) atoms. The number of amides is 2. The van der Waals surface area contributed by atoms with Crippen LogP contribution in [0.3, 0.4) is 0 Å². The van der Waals surface area contributed by atoms with Crippen molar-refractivity contribution >= 4 is 17.5 Å². The zero-order valence-electron chi connectivity index (χ0n) is 15.3. The molecule has 1 aliphatic rings. The van der Waals surface area contributed by atoms with E-state index in [9.17, 15) is 9.59 Å². The fraction of sp³-hybridized carbons (Fsp3) is 0.556. The van der Waals surface area contributed by atoms with Crippen LogP contribution in [0, 0.1) is 0 Å². The van der Waals surface area contributed by atoms with E-state index in [1.54, 1.807) is 7.11 Å². The SMILES string of the molecule is COc1ccccc1N1CC[NH+](CC(=O)NCC(=O)NC(C)C)CC1. The summed E-state index contributed by atoms with van der Waals surface area (Å²) in [5.74, 6) is 0.638. The number of hydrogen-bond donors (Lipinski definition) is 3. The smallest absolute Gasteiger partial charge is 0.275 e. The summed E-state index contributed by atoms with van der Waals surface area (Å²) in [7, 11) is 1.68. The van der Waals surface area contributed by atoms with E-state index in [1.807, 2.05) is 32.0 Å². The first-order valence-electron chi connectivity index (χ1n) is 8.77. The summed E-state index contributed by atoms with van der Waals surface area (Å²) in [6, 6.07) is 8.07. The molecule has 1 aromatic rings. The third-order valence-electron chi connectivity index (χ3n) is 4.20. The first-order valence-corrected chi connectivity index (χ1v) is 8.77. The quantitative estimate of drug-likeness (QED) is 0.593. The van der Waals surface area contributed by atoms with Crippen LogP contribution in [0.1, 0.15) is 13.8 Å². The summed E-state index contributed by atoms with van der Waals surface area (Å²) in [5, 5.41) is 5.45. The molecule has 0 atom stereocenters. The molecule has 0 spiro atoms. The van der Waals surface area contributed by atoms with Crippen LogP contribution in [0.15, 0.2) is 24.3 Å². The summed E-state index contributed by atoms with van der Waals surface area (Å²) in [4.78, 5) is 27.1. The molecule has 0 aliphatic carbocycles. The Hall–Kier alpha value is -2.28. The van der Waals surface area contributed by atoms with Crippen LogP contribution in [0.4, 0.5) is 5.69 Å². The first kappa shape index (κ1) is 19.1. The summed E-state index contributed by atoms with van der Waals surface area (Å²) in [6.45, 7) is 7.73. The molecule has 1 aromatic carbocycles. The molecule has 0 radical (unpaired) electrons. The molecule has 2 amide bonds. The van der Waals surface area contributed by atoms with Crippen molar-refractivity contribution in [2.24, 2.45) is 0 Å². The second-order valence-electron chi connectivity index (χ2n) is 6.58. The van der Waals surface area contributed by atoms with Gasteiger partial charge in [0.2, 0.25) is 5.91 Å². The van der Waals surface area contributed by atoms with Crippen molar-refractivity contribution in [1.82, 2.24) is 10.6 Å². The van der Waals surface area contributed by atoms with Crippen LogP contribution in [-0.4, -0.2) is 64.2 Å². The Morgan fingerprint density at radius 3 is 2.52 bits per heavy atom. The van der Waals surface area contributed by atoms with Crippen LogP contribution >= 0.6 is 0 Å². The number of rotatable bonds is 7. The Morgan fingerprint density at radius 1 is 1.20 bits per heavy atom. The van der Waals surface area contributed by atoms with E-state index in [0.29, 0.717) is 6.54 Å². The number of carbonyl (C=O) groups is 2. The summed E-state index contributed by atoms with van der Waals surface area (Å²) >= 11 is 0. The van der Waals surface area contributed by atoms with Crippen molar-refractivity contribution in [3.63, 3.8) is 0 Å². The van der Waals surface area contributed by atoms with Crippen molar-refractivity contribution in [2.75, 3.05) is 51.3 Å². The molecule has 0 aromatic heterocycles. The highest BCUT2D eigenvalue weighted by atomic mass is 16.5. The second kappa shape index (κ2) is 9.27. The minimum atomic E-state index is -0.153. The van der Waals surface area contributed by atoms with Gasteiger partial charge in [-0.15, -0.1) is 0 Å². The van der Waals surface area contributed by atoms with Crippen LogP contribution in [-0.2, 0) is 9.59 Å². The van der Waals surface area contributed by atoms with Gasteiger partial charge in [-0.2, -0.15) is 0 Å². The van der Waals surface area contributed by atoms with Crippen molar-refractivity contribution in [3.05, 3.63) is 24.3 Å². The van der Waals surface area contributed by atoms with Gasteiger partial charge in [0.25, 0.3) is 5.91 Å². The number of quaternary nitrogens is 1. The Labute approximate surface area is 149 Å². The van der Waals surface area contributed by atoms with E-state index in [0.717, 1.165) is 37.6 Å². The minimum Gasteiger partial charge on any atom is -0.495 e. The summed E-state index contributed by atoms with van der Waals surface area (Å²) in [5.41, 5.74) is 1.10. The lowest BCUT2D eigenvalue weighted by molar-refractivity contribution is -0.892. The minimum absolute atomic E-state index is 0.0393. The summed E-state index contributed by atoms with van der Waals surface area (Å²) in [6.07, 6.45) is 0. The van der Waals surface area contributed by atoms with Gasteiger partial charge in [-0.1, -0.05) is 12.1 Å². The Kier molecular flexibility index (Phi) is 7.06. The Balaban J connectivity index is 1.75. The molecule has 0 bridgehead atoms. The lowest BCUT2D eigenvalue weighted by Gasteiger charge is -2.34. The predicted molar refractivity (Wildman–Crippen MR) is 97.1 cm³/mol. The van der Waals surface area contributed by atoms with E-state index >= 15 is 0 Å². The number of benzene rings is 1. The van der Waals surface area contributed by atoms with E-state index in [1.165, 1.54) is 4.90 Å². The molecule has 1 aliphatic heterocycles. The molecule has 2 rings (SSSR count). The van der Waals surface area contributed by atoms with Gasteiger partial charge in [0, 0.05) is 6.04 Å². The van der Waals surface area contributed by atoms with Crippen molar-refractivity contribution in [3.8, 4) is 5.75 Å². The molecular formula is C18H29N4O3+. The van der Waals surface area contributed by atoms with Crippen molar-refractivity contribution < 1.29 is 19.2 Å². The number of nitrogens with one attached hydrogen (secondary N) is 3. The third-order valence-corrected chi connectivity index (χ3v) is 4.20. The molecule has 7 nitrogen and oxygen atoms in total. The number of anilines is 1. The number of hydrogen-bond acceptors (Lipinski definition) is 4. The maximum atomic E-state index is 12.0. The fourth-order valence-electron chi connectivity index (χ4n) is 2.97. The van der Waals surface area contributed by atoms with Gasteiger partial charge in [0.05, 0.1) is 45.5 Å². The number of para-hydroxylation sites is 2. The molecule has 0 unspecified atom stereocenters. The molecule has 1 saturated heterocycles. The Morgan fingerprint density at radius 2 is 1.88 bits per heavy atom. The van der Waals surface area contributed by atoms with E-state index in [2.05, 4.69) is 21.6 Å². The van der Waals surface area contributed by atoms with Gasteiger partial charge < -0.3 is 25.2 Å². The largest absolute Gasteiger partial charge is 0.495 e. The zero-order valence-corrected chi connectivity index (χ0v) is 15.3. The van der Waals surface area contributed by atoms with E-state index < -0.39 is 0 Å². The number of ether oxygens (including phenoxy) is 1. The molecule has 3 N–H and O–H groups in total. The Bertz CT molecular complexity index is 583. The van der Waals surface area contributed by atoms with Crippen molar-refractivity contribution in [2.45, 2.75) is 19.9 Å².